The lowest BCUT2D eigenvalue weighted by Crippen LogP contribution is -2.36. The molecule has 0 aromatic carbocycles. The normalized spacial score (nSPS) is 41.2. The summed E-state index contributed by atoms with van der Waals surface area (Å²) < 4.78 is 0. The Labute approximate surface area is 94.2 Å². The van der Waals surface area contributed by atoms with Crippen molar-refractivity contribution in [1.82, 2.24) is 4.90 Å². The zero-order valence-electron chi connectivity index (χ0n) is 10.5. The van der Waals surface area contributed by atoms with Crippen molar-refractivity contribution in [1.29, 1.82) is 0 Å². The Morgan fingerprint density at radius 1 is 1.33 bits per heavy atom. The molecule has 2 nitrogen and oxygen atoms in total. The lowest BCUT2D eigenvalue weighted by molar-refractivity contribution is 0.193. The van der Waals surface area contributed by atoms with Crippen molar-refractivity contribution in [2.45, 2.75) is 46.1 Å². The van der Waals surface area contributed by atoms with E-state index in [1.165, 1.54) is 32.4 Å². The fraction of sp³-hybridized carbons (Fsp3) is 1.00. The average Bonchev–Trinajstić information content (AvgIpc) is 2.69. The number of likely N-dealkylation sites (tertiary alicyclic amines) is 1. The molecule has 1 saturated heterocycles. The van der Waals surface area contributed by atoms with Crippen molar-refractivity contribution in [2.75, 3.05) is 19.6 Å². The quantitative estimate of drug-likeness (QED) is 0.756. The molecule has 2 heteroatoms. The predicted molar refractivity (Wildman–Crippen MR) is 64.7 cm³/mol. The summed E-state index contributed by atoms with van der Waals surface area (Å²) in [6.07, 6.45) is 4.09. The molecule has 2 fully saturated rings. The van der Waals surface area contributed by atoms with Gasteiger partial charge in [-0.05, 0) is 49.6 Å². The molecule has 88 valence electrons. The van der Waals surface area contributed by atoms with Gasteiger partial charge in [-0.2, -0.15) is 0 Å². The van der Waals surface area contributed by atoms with Gasteiger partial charge in [-0.3, -0.25) is 4.90 Å². The summed E-state index contributed by atoms with van der Waals surface area (Å²) in [4.78, 5) is 2.71. The highest BCUT2D eigenvalue weighted by molar-refractivity contribution is 4.94. The van der Waals surface area contributed by atoms with Crippen LogP contribution in [-0.4, -0.2) is 30.6 Å². The Hall–Kier alpha value is -0.0800. The Balaban J connectivity index is 1.95. The summed E-state index contributed by atoms with van der Waals surface area (Å²) in [5.74, 6) is 1.64. The molecular formula is C13H26N2. The van der Waals surface area contributed by atoms with E-state index in [9.17, 15) is 0 Å². The molecule has 1 aliphatic carbocycles. The van der Waals surface area contributed by atoms with Crippen LogP contribution in [0.3, 0.4) is 0 Å². The summed E-state index contributed by atoms with van der Waals surface area (Å²) in [7, 11) is 0. The number of hydrogen-bond donors (Lipinski definition) is 1. The minimum absolute atomic E-state index is 0.560. The van der Waals surface area contributed by atoms with E-state index in [2.05, 4.69) is 25.7 Å². The van der Waals surface area contributed by atoms with Crippen LogP contribution in [0, 0.1) is 17.3 Å². The first-order valence-corrected chi connectivity index (χ1v) is 6.46. The van der Waals surface area contributed by atoms with Crippen LogP contribution in [0.5, 0.6) is 0 Å². The van der Waals surface area contributed by atoms with Crippen molar-refractivity contribution in [3.05, 3.63) is 0 Å². The number of rotatable bonds is 2. The maximum Gasteiger partial charge on any atom is 0.0126 e. The van der Waals surface area contributed by atoms with Gasteiger partial charge in [0.1, 0.15) is 0 Å². The van der Waals surface area contributed by atoms with E-state index in [4.69, 9.17) is 5.73 Å². The zero-order chi connectivity index (χ0) is 11.1. The maximum absolute atomic E-state index is 5.76. The van der Waals surface area contributed by atoms with Gasteiger partial charge >= 0.3 is 0 Å². The van der Waals surface area contributed by atoms with E-state index in [1.54, 1.807) is 0 Å². The van der Waals surface area contributed by atoms with E-state index in [-0.39, 0.29) is 0 Å². The third-order valence-corrected chi connectivity index (χ3v) is 4.41. The van der Waals surface area contributed by atoms with Crippen LogP contribution in [0.2, 0.25) is 0 Å². The van der Waals surface area contributed by atoms with Gasteiger partial charge in [0, 0.05) is 12.6 Å². The van der Waals surface area contributed by atoms with Gasteiger partial charge in [-0.1, -0.05) is 20.8 Å². The molecular weight excluding hydrogens is 184 g/mol. The molecule has 0 aromatic rings. The van der Waals surface area contributed by atoms with E-state index in [1.807, 2.05) is 0 Å². The van der Waals surface area contributed by atoms with Gasteiger partial charge in [0.2, 0.25) is 0 Å². The second kappa shape index (κ2) is 4.06. The summed E-state index contributed by atoms with van der Waals surface area (Å²) in [6.45, 7) is 10.7. The predicted octanol–water partition coefficient (Wildman–Crippen LogP) is 2.09. The van der Waals surface area contributed by atoms with Crippen LogP contribution in [0.1, 0.15) is 40.0 Å². The van der Waals surface area contributed by atoms with E-state index in [0.29, 0.717) is 5.41 Å². The largest absolute Gasteiger partial charge is 0.330 e. The topological polar surface area (TPSA) is 29.3 Å². The molecule has 3 unspecified atom stereocenters. The van der Waals surface area contributed by atoms with Crippen LogP contribution >= 0.6 is 0 Å². The molecule has 0 amide bonds. The third kappa shape index (κ3) is 2.36. The number of nitrogens with zero attached hydrogens (tertiary/aromatic N) is 1. The Morgan fingerprint density at radius 2 is 2.07 bits per heavy atom. The highest BCUT2D eigenvalue weighted by atomic mass is 15.2. The van der Waals surface area contributed by atoms with Crippen LogP contribution in [-0.2, 0) is 0 Å². The molecule has 2 N–H and O–H groups in total. The van der Waals surface area contributed by atoms with Crippen molar-refractivity contribution in [3.63, 3.8) is 0 Å². The van der Waals surface area contributed by atoms with Crippen LogP contribution in [0.25, 0.3) is 0 Å². The van der Waals surface area contributed by atoms with E-state index < -0.39 is 0 Å². The monoisotopic (exact) mass is 210 g/mol. The Bertz CT molecular complexity index is 225. The fourth-order valence-corrected chi connectivity index (χ4v) is 3.70. The zero-order valence-corrected chi connectivity index (χ0v) is 10.5. The van der Waals surface area contributed by atoms with Crippen molar-refractivity contribution in [2.24, 2.45) is 23.0 Å². The number of nitrogens with two attached hydrogens (primary N) is 1. The molecule has 3 atom stereocenters. The second-order valence-electron chi connectivity index (χ2n) is 6.50. The molecule has 0 radical (unpaired) electrons. The first-order valence-electron chi connectivity index (χ1n) is 6.46. The highest BCUT2D eigenvalue weighted by Gasteiger charge is 2.41. The maximum atomic E-state index is 5.76. The van der Waals surface area contributed by atoms with Gasteiger partial charge < -0.3 is 5.73 Å². The summed E-state index contributed by atoms with van der Waals surface area (Å²) in [5, 5.41) is 0. The Morgan fingerprint density at radius 3 is 2.53 bits per heavy atom. The van der Waals surface area contributed by atoms with Crippen molar-refractivity contribution in [3.8, 4) is 0 Å². The van der Waals surface area contributed by atoms with Gasteiger partial charge in [-0.25, -0.2) is 0 Å². The molecule has 2 aliphatic rings. The second-order valence-corrected chi connectivity index (χ2v) is 6.50. The smallest absolute Gasteiger partial charge is 0.0126 e. The third-order valence-electron chi connectivity index (χ3n) is 4.41. The van der Waals surface area contributed by atoms with Crippen LogP contribution < -0.4 is 5.73 Å². The van der Waals surface area contributed by atoms with E-state index >= 15 is 0 Å². The van der Waals surface area contributed by atoms with Crippen LogP contribution in [0.15, 0.2) is 0 Å². The van der Waals surface area contributed by atoms with E-state index in [0.717, 1.165) is 24.4 Å². The lowest BCUT2D eigenvalue weighted by Gasteiger charge is -2.28. The lowest BCUT2D eigenvalue weighted by atomic mass is 9.91. The highest BCUT2D eigenvalue weighted by Crippen LogP contribution is 2.44. The molecule has 1 heterocycles. The molecule has 0 spiro atoms. The molecule has 1 aliphatic heterocycles. The molecule has 0 aromatic heterocycles. The first-order chi connectivity index (χ1) is 7.02. The molecule has 15 heavy (non-hydrogen) atoms. The van der Waals surface area contributed by atoms with Gasteiger partial charge in [0.15, 0.2) is 0 Å². The summed E-state index contributed by atoms with van der Waals surface area (Å²) in [5.41, 5.74) is 6.32. The standard InChI is InChI=1S/C13H26N2/c1-10-6-13(2,3)7-12(10)15-5-4-11(8-14)9-15/h10-12H,4-9,14H2,1-3H3. The molecule has 2 rings (SSSR count). The molecule has 1 saturated carbocycles. The summed E-state index contributed by atoms with van der Waals surface area (Å²) in [6, 6.07) is 0.830. The summed E-state index contributed by atoms with van der Waals surface area (Å²) >= 11 is 0. The first kappa shape index (κ1) is 11.4. The fourth-order valence-electron chi connectivity index (χ4n) is 3.70. The molecule has 0 bridgehead atoms. The minimum atomic E-state index is 0.560. The average molecular weight is 210 g/mol. The van der Waals surface area contributed by atoms with Crippen molar-refractivity contribution < 1.29 is 0 Å². The van der Waals surface area contributed by atoms with Crippen LogP contribution in [0.4, 0.5) is 0 Å². The van der Waals surface area contributed by atoms with Gasteiger partial charge in [0.05, 0.1) is 0 Å². The number of hydrogen-bond acceptors (Lipinski definition) is 2. The minimum Gasteiger partial charge on any atom is -0.330 e. The Kier molecular flexibility index (Phi) is 3.09. The van der Waals surface area contributed by atoms with Crippen molar-refractivity contribution >= 4 is 0 Å². The SMILES string of the molecule is CC1CC(C)(C)CC1N1CCC(CN)C1. The van der Waals surface area contributed by atoms with Gasteiger partial charge in [0.25, 0.3) is 0 Å². The van der Waals surface area contributed by atoms with Gasteiger partial charge in [-0.15, -0.1) is 0 Å².